The van der Waals surface area contributed by atoms with Gasteiger partial charge in [-0.1, -0.05) is 0 Å². The minimum Gasteiger partial charge on any atom is -0.493 e. The van der Waals surface area contributed by atoms with Crippen LogP contribution in [0.25, 0.3) is 11.4 Å². The van der Waals surface area contributed by atoms with Gasteiger partial charge in [-0.15, -0.1) is 0 Å². The molecule has 0 spiro atoms. The zero-order chi connectivity index (χ0) is 11.9. The Kier molecular flexibility index (Phi) is 2.19. The summed E-state index contributed by atoms with van der Waals surface area (Å²) < 4.78 is 2.90. The predicted molar refractivity (Wildman–Crippen MR) is 56.2 cm³/mol. The summed E-state index contributed by atoms with van der Waals surface area (Å²) in [5, 5.41) is 18.7. The summed E-state index contributed by atoms with van der Waals surface area (Å²) in [5.74, 6) is -1.51. The highest BCUT2D eigenvalue weighted by Crippen LogP contribution is 2.28. The lowest BCUT2D eigenvalue weighted by atomic mass is 10.3. The van der Waals surface area contributed by atoms with Gasteiger partial charge in [0, 0.05) is 20.3 Å². The summed E-state index contributed by atoms with van der Waals surface area (Å²) in [7, 11) is 3.25. The molecule has 2 N–H and O–H groups in total. The Balaban J connectivity index is 2.64. The quantitative estimate of drug-likeness (QED) is 0.787. The second-order valence-corrected chi connectivity index (χ2v) is 3.48. The van der Waals surface area contributed by atoms with Crippen molar-refractivity contribution in [2.45, 2.75) is 0 Å². The van der Waals surface area contributed by atoms with Crippen molar-refractivity contribution in [3.05, 3.63) is 24.2 Å². The molecule has 2 heterocycles. The smallest absolute Gasteiger partial charge is 0.372 e. The molecule has 0 aliphatic heterocycles. The van der Waals surface area contributed by atoms with E-state index < -0.39 is 5.97 Å². The summed E-state index contributed by atoms with van der Waals surface area (Å²) in [6, 6.07) is 3.55. The summed E-state index contributed by atoms with van der Waals surface area (Å²) in [6.07, 6.45) is 1.80. The first-order valence-corrected chi connectivity index (χ1v) is 4.63. The maximum absolute atomic E-state index is 10.8. The Morgan fingerprint density at radius 1 is 1.44 bits per heavy atom. The van der Waals surface area contributed by atoms with Crippen molar-refractivity contribution >= 4 is 5.97 Å². The number of nitrogens with zero attached hydrogens (tertiary/aromatic N) is 3. The zero-order valence-corrected chi connectivity index (χ0v) is 8.88. The van der Waals surface area contributed by atoms with Gasteiger partial charge in [0.25, 0.3) is 0 Å². The first-order valence-electron chi connectivity index (χ1n) is 4.63. The van der Waals surface area contributed by atoms with Gasteiger partial charge < -0.3 is 14.8 Å². The van der Waals surface area contributed by atoms with Gasteiger partial charge in [-0.05, 0) is 12.1 Å². The molecule has 0 radical (unpaired) electrons. The van der Waals surface area contributed by atoms with Crippen molar-refractivity contribution in [1.29, 1.82) is 0 Å². The lowest BCUT2D eigenvalue weighted by Gasteiger charge is -2.00. The van der Waals surface area contributed by atoms with E-state index in [9.17, 15) is 9.90 Å². The molecule has 16 heavy (non-hydrogen) atoms. The summed E-state index contributed by atoms with van der Waals surface area (Å²) in [5.41, 5.74) is 0.938. The average Bonchev–Trinajstić information content (AvgIpc) is 2.74. The Labute approximate surface area is 91.4 Å². The Hall–Kier alpha value is -2.24. The molecule has 84 valence electrons. The number of rotatable bonds is 2. The molecule has 0 saturated carbocycles. The molecule has 0 unspecified atom stereocenters. The molecule has 0 bridgehead atoms. The topological polar surface area (TPSA) is 80.3 Å². The highest BCUT2D eigenvalue weighted by Gasteiger charge is 2.20. The number of carbonyl (C=O) groups is 1. The van der Waals surface area contributed by atoms with E-state index in [4.69, 9.17) is 5.11 Å². The molecular formula is C10H11N3O3. The molecule has 0 atom stereocenters. The highest BCUT2D eigenvalue weighted by molar-refractivity contribution is 5.85. The number of aryl methyl sites for hydroxylation is 1. The van der Waals surface area contributed by atoms with Crippen molar-refractivity contribution in [3.8, 4) is 17.3 Å². The fourth-order valence-electron chi connectivity index (χ4n) is 1.56. The van der Waals surface area contributed by atoms with Crippen LogP contribution in [0.4, 0.5) is 0 Å². The van der Waals surface area contributed by atoms with Crippen LogP contribution in [0.3, 0.4) is 0 Å². The monoisotopic (exact) mass is 221 g/mol. The van der Waals surface area contributed by atoms with E-state index in [1.807, 2.05) is 0 Å². The van der Waals surface area contributed by atoms with Crippen LogP contribution in [-0.4, -0.2) is 30.3 Å². The van der Waals surface area contributed by atoms with E-state index in [0.717, 1.165) is 4.57 Å². The van der Waals surface area contributed by atoms with Gasteiger partial charge in [-0.3, -0.25) is 4.57 Å². The van der Waals surface area contributed by atoms with E-state index >= 15 is 0 Å². The molecule has 0 aliphatic rings. The largest absolute Gasteiger partial charge is 0.493 e. The van der Waals surface area contributed by atoms with Crippen LogP contribution in [-0.2, 0) is 14.1 Å². The average molecular weight is 221 g/mol. The molecular weight excluding hydrogens is 210 g/mol. The van der Waals surface area contributed by atoms with Crippen LogP contribution in [0.2, 0.25) is 0 Å². The van der Waals surface area contributed by atoms with Gasteiger partial charge in [0.2, 0.25) is 11.7 Å². The molecule has 6 heteroatoms. The Bertz CT molecular complexity index is 554. The standard InChI is InChI=1S/C10H11N3O3/c1-12-5-3-4-6(12)7-9(14)13(2)8(11-7)10(15)16/h3-5,14H,1-2H3,(H,15,16). The number of carboxylic acid groups (broad SMARTS) is 1. The Morgan fingerprint density at radius 3 is 2.56 bits per heavy atom. The van der Waals surface area contributed by atoms with Gasteiger partial charge in [0.15, 0.2) is 0 Å². The first-order chi connectivity index (χ1) is 7.52. The SMILES string of the molecule is Cn1cccc1-c1nc(C(=O)O)n(C)c1O. The first kappa shape index (κ1) is 10.3. The zero-order valence-electron chi connectivity index (χ0n) is 8.88. The molecule has 2 aromatic heterocycles. The summed E-state index contributed by atoms with van der Waals surface area (Å²) >= 11 is 0. The van der Waals surface area contributed by atoms with Crippen molar-refractivity contribution < 1.29 is 15.0 Å². The third-order valence-corrected chi connectivity index (χ3v) is 2.44. The van der Waals surface area contributed by atoms with Crippen LogP contribution in [0, 0.1) is 0 Å². The van der Waals surface area contributed by atoms with Crippen LogP contribution in [0.1, 0.15) is 10.6 Å². The number of aromatic carboxylic acids is 1. The predicted octanol–water partition coefficient (Wildman–Crippen LogP) is 0.829. The van der Waals surface area contributed by atoms with Gasteiger partial charge in [-0.25, -0.2) is 9.78 Å². The van der Waals surface area contributed by atoms with E-state index in [0.29, 0.717) is 5.69 Å². The number of aromatic hydroxyl groups is 1. The summed E-state index contributed by atoms with van der Waals surface area (Å²) in [4.78, 5) is 14.7. The van der Waals surface area contributed by atoms with Crippen molar-refractivity contribution in [1.82, 2.24) is 14.1 Å². The third-order valence-electron chi connectivity index (χ3n) is 2.44. The number of aromatic nitrogens is 3. The van der Waals surface area contributed by atoms with Crippen molar-refractivity contribution in [2.24, 2.45) is 14.1 Å². The molecule has 0 aliphatic carbocycles. The second kappa shape index (κ2) is 3.41. The number of hydrogen-bond acceptors (Lipinski definition) is 3. The van der Waals surface area contributed by atoms with Crippen molar-refractivity contribution in [2.75, 3.05) is 0 Å². The maximum Gasteiger partial charge on any atom is 0.372 e. The van der Waals surface area contributed by atoms with E-state index in [1.54, 1.807) is 29.9 Å². The van der Waals surface area contributed by atoms with Crippen LogP contribution < -0.4 is 0 Å². The minimum atomic E-state index is -1.17. The van der Waals surface area contributed by atoms with Crippen LogP contribution >= 0.6 is 0 Å². The fraction of sp³-hybridized carbons (Fsp3) is 0.200. The van der Waals surface area contributed by atoms with Crippen LogP contribution in [0.15, 0.2) is 18.3 Å². The molecule has 0 fully saturated rings. The lowest BCUT2D eigenvalue weighted by molar-refractivity contribution is 0.0678. The van der Waals surface area contributed by atoms with Gasteiger partial charge in [0.1, 0.15) is 5.69 Å². The maximum atomic E-state index is 10.8. The highest BCUT2D eigenvalue weighted by atomic mass is 16.4. The molecule has 2 rings (SSSR count). The van der Waals surface area contributed by atoms with Gasteiger partial charge in [0.05, 0.1) is 5.69 Å². The molecule has 6 nitrogen and oxygen atoms in total. The lowest BCUT2D eigenvalue weighted by Crippen LogP contribution is -2.05. The Morgan fingerprint density at radius 2 is 2.12 bits per heavy atom. The number of imidazole rings is 1. The van der Waals surface area contributed by atoms with Crippen LogP contribution in [0.5, 0.6) is 5.88 Å². The fourth-order valence-corrected chi connectivity index (χ4v) is 1.56. The minimum absolute atomic E-state index is 0.154. The molecule has 0 amide bonds. The van der Waals surface area contributed by atoms with E-state index in [2.05, 4.69) is 4.98 Å². The van der Waals surface area contributed by atoms with Gasteiger partial charge in [-0.2, -0.15) is 0 Å². The van der Waals surface area contributed by atoms with E-state index in [-0.39, 0.29) is 17.4 Å². The molecule has 0 saturated heterocycles. The van der Waals surface area contributed by atoms with E-state index in [1.165, 1.54) is 7.05 Å². The summed E-state index contributed by atoms with van der Waals surface area (Å²) in [6.45, 7) is 0. The third kappa shape index (κ3) is 1.35. The number of carboxylic acids is 1. The molecule has 0 aromatic carbocycles. The van der Waals surface area contributed by atoms with Gasteiger partial charge >= 0.3 is 5.97 Å². The second-order valence-electron chi connectivity index (χ2n) is 3.48. The number of hydrogen-bond donors (Lipinski definition) is 2. The normalized spacial score (nSPS) is 10.6. The van der Waals surface area contributed by atoms with Crippen molar-refractivity contribution in [3.63, 3.8) is 0 Å². The molecule has 2 aromatic rings.